The molecule has 4 nitrogen and oxygen atoms in total. The monoisotopic (exact) mass is 251 g/mol. The molecular formula is C12H13NO3S. The van der Waals surface area contributed by atoms with Crippen molar-refractivity contribution in [2.75, 3.05) is 12.0 Å². The Morgan fingerprint density at radius 1 is 1.35 bits per heavy atom. The zero-order valence-corrected chi connectivity index (χ0v) is 10.2. The lowest BCUT2D eigenvalue weighted by molar-refractivity contribution is 0.202. The maximum Gasteiger partial charge on any atom is 0.150 e. The van der Waals surface area contributed by atoms with Crippen LogP contribution < -0.4 is 0 Å². The molecule has 0 saturated carbocycles. The molecule has 90 valence electrons. The van der Waals surface area contributed by atoms with Crippen molar-refractivity contribution in [3.05, 3.63) is 42.1 Å². The van der Waals surface area contributed by atoms with Crippen LogP contribution in [-0.2, 0) is 9.84 Å². The number of aliphatic hydroxyl groups is 1. The average molecular weight is 251 g/mol. The van der Waals surface area contributed by atoms with Crippen LogP contribution in [0.3, 0.4) is 0 Å². The molecule has 1 N–H and O–H groups in total. The van der Waals surface area contributed by atoms with Gasteiger partial charge in [-0.15, -0.1) is 0 Å². The summed E-state index contributed by atoms with van der Waals surface area (Å²) in [5, 5.41) is 10.7. The molecular weight excluding hydrogens is 238 g/mol. The Labute approximate surface area is 99.8 Å². The van der Waals surface area contributed by atoms with E-state index in [4.69, 9.17) is 0 Å². The highest BCUT2D eigenvalue weighted by molar-refractivity contribution is 7.90. The van der Waals surface area contributed by atoms with E-state index in [-0.39, 0.29) is 5.75 Å². The van der Waals surface area contributed by atoms with Crippen LogP contribution in [0.1, 0.15) is 11.7 Å². The van der Waals surface area contributed by atoms with Gasteiger partial charge in [-0.3, -0.25) is 4.98 Å². The highest BCUT2D eigenvalue weighted by atomic mass is 32.2. The van der Waals surface area contributed by atoms with Crippen LogP contribution in [-0.4, -0.2) is 30.5 Å². The summed E-state index contributed by atoms with van der Waals surface area (Å²) in [6.45, 7) is 0. The minimum absolute atomic E-state index is 0.265. The van der Waals surface area contributed by atoms with Gasteiger partial charge in [0.1, 0.15) is 9.84 Å². The molecule has 0 aliphatic heterocycles. The predicted octanol–water partition coefficient (Wildman–Crippen LogP) is 1.31. The third kappa shape index (κ3) is 3.01. The molecule has 0 amide bonds. The number of hydrogen-bond donors (Lipinski definition) is 1. The second kappa shape index (κ2) is 4.43. The lowest BCUT2D eigenvalue weighted by Crippen LogP contribution is -2.12. The normalized spacial score (nSPS) is 13.8. The molecule has 5 heteroatoms. The average Bonchev–Trinajstić information content (AvgIpc) is 2.26. The molecule has 1 atom stereocenters. The Bertz CT molecular complexity index is 637. The zero-order valence-electron chi connectivity index (χ0n) is 9.37. The summed E-state index contributed by atoms with van der Waals surface area (Å²) in [7, 11) is -3.19. The number of hydrogen-bond acceptors (Lipinski definition) is 4. The first-order valence-electron chi connectivity index (χ1n) is 5.16. The number of fused-ring (bicyclic) bond motifs is 1. The second-order valence-electron chi connectivity index (χ2n) is 4.06. The van der Waals surface area contributed by atoms with Crippen molar-refractivity contribution >= 4 is 20.7 Å². The van der Waals surface area contributed by atoms with Gasteiger partial charge in [-0.05, 0) is 23.8 Å². The first-order valence-corrected chi connectivity index (χ1v) is 7.22. The number of aromatic nitrogens is 1. The van der Waals surface area contributed by atoms with Crippen LogP contribution in [0.2, 0.25) is 0 Å². The van der Waals surface area contributed by atoms with E-state index in [1.807, 2.05) is 6.07 Å². The highest BCUT2D eigenvalue weighted by Gasteiger charge is 2.14. The number of aliphatic hydroxyl groups excluding tert-OH is 1. The molecule has 17 heavy (non-hydrogen) atoms. The summed E-state index contributed by atoms with van der Waals surface area (Å²) in [5.74, 6) is -0.265. The van der Waals surface area contributed by atoms with Gasteiger partial charge in [-0.2, -0.15) is 0 Å². The fraction of sp³-hybridized carbons (Fsp3) is 0.250. The van der Waals surface area contributed by atoms with Crippen LogP contribution in [0.5, 0.6) is 0 Å². The van der Waals surface area contributed by atoms with E-state index in [0.717, 1.165) is 17.2 Å². The van der Waals surface area contributed by atoms with Crippen LogP contribution in [0.15, 0.2) is 36.5 Å². The van der Waals surface area contributed by atoms with Crippen LogP contribution >= 0.6 is 0 Å². The number of rotatable bonds is 3. The molecule has 0 fully saturated rings. The minimum Gasteiger partial charge on any atom is -0.387 e. The van der Waals surface area contributed by atoms with Gasteiger partial charge in [-0.25, -0.2) is 8.42 Å². The van der Waals surface area contributed by atoms with E-state index in [9.17, 15) is 13.5 Å². The summed E-state index contributed by atoms with van der Waals surface area (Å²) < 4.78 is 22.2. The van der Waals surface area contributed by atoms with Crippen molar-refractivity contribution in [1.29, 1.82) is 0 Å². The van der Waals surface area contributed by atoms with Gasteiger partial charge in [0.2, 0.25) is 0 Å². The molecule has 1 aromatic carbocycles. The van der Waals surface area contributed by atoms with Crippen LogP contribution in [0.4, 0.5) is 0 Å². The molecule has 2 aromatic rings. The van der Waals surface area contributed by atoms with E-state index in [1.54, 1.807) is 30.5 Å². The van der Waals surface area contributed by atoms with E-state index in [2.05, 4.69) is 4.98 Å². The third-order valence-corrected chi connectivity index (χ3v) is 3.39. The van der Waals surface area contributed by atoms with E-state index in [1.165, 1.54) is 0 Å². The molecule has 0 saturated heterocycles. The summed E-state index contributed by atoms with van der Waals surface area (Å²) in [6.07, 6.45) is 1.81. The Kier molecular flexibility index (Phi) is 3.13. The molecule has 1 unspecified atom stereocenters. The zero-order chi connectivity index (χ0) is 12.5. The first-order chi connectivity index (χ1) is 7.96. The van der Waals surface area contributed by atoms with Gasteiger partial charge in [0.05, 0.1) is 17.4 Å². The smallest absolute Gasteiger partial charge is 0.150 e. The lowest BCUT2D eigenvalue weighted by Gasteiger charge is -2.10. The highest BCUT2D eigenvalue weighted by Crippen LogP contribution is 2.19. The quantitative estimate of drug-likeness (QED) is 0.893. The SMILES string of the molecule is CS(=O)(=O)CC(O)c1ccc2ncccc2c1. The van der Waals surface area contributed by atoms with E-state index in [0.29, 0.717) is 5.56 Å². The van der Waals surface area contributed by atoms with Crippen molar-refractivity contribution in [2.24, 2.45) is 0 Å². The number of benzene rings is 1. The molecule has 0 aliphatic carbocycles. The Morgan fingerprint density at radius 2 is 2.12 bits per heavy atom. The first kappa shape index (κ1) is 12.0. The fourth-order valence-corrected chi connectivity index (χ4v) is 2.45. The van der Waals surface area contributed by atoms with Gasteiger partial charge in [0.15, 0.2) is 0 Å². The molecule has 0 bridgehead atoms. The minimum atomic E-state index is -3.19. The summed E-state index contributed by atoms with van der Waals surface area (Å²) in [6, 6.07) is 8.91. The lowest BCUT2D eigenvalue weighted by atomic mass is 10.1. The Balaban J connectivity index is 2.36. The second-order valence-corrected chi connectivity index (χ2v) is 6.25. The largest absolute Gasteiger partial charge is 0.387 e. The fourth-order valence-electron chi connectivity index (χ4n) is 1.68. The van der Waals surface area contributed by atoms with Gasteiger partial charge in [-0.1, -0.05) is 12.1 Å². The molecule has 0 radical (unpaired) electrons. The van der Waals surface area contributed by atoms with Gasteiger partial charge in [0, 0.05) is 17.8 Å². The van der Waals surface area contributed by atoms with Crippen molar-refractivity contribution in [3.8, 4) is 0 Å². The molecule has 2 rings (SSSR count). The summed E-state index contributed by atoms with van der Waals surface area (Å²) in [4.78, 5) is 4.16. The number of nitrogens with zero attached hydrogens (tertiary/aromatic N) is 1. The maximum atomic E-state index is 11.1. The summed E-state index contributed by atoms with van der Waals surface area (Å²) in [5.41, 5.74) is 1.42. The molecule has 1 heterocycles. The summed E-state index contributed by atoms with van der Waals surface area (Å²) >= 11 is 0. The number of pyridine rings is 1. The van der Waals surface area contributed by atoms with Gasteiger partial charge >= 0.3 is 0 Å². The van der Waals surface area contributed by atoms with E-state index >= 15 is 0 Å². The van der Waals surface area contributed by atoms with Crippen molar-refractivity contribution in [2.45, 2.75) is 6.10 Å². The van der Waals surface area contributed by atoms with Crippen molar-refractivity contribution in [1.82, 2.24) is 4.98 Å². The van der Waals surface area contributed by atoms with Crippen LogP contribution in [0.25, 0.3) is 10.9 Å². The van der Waals surface area contributed by atoms with Gasteiger partial charge < -0.3 is 5.11 Å². The predicted molar refractivity (Wildman–Crippen MR) is 66.4 cm³/mol. The topological polar surface area (TPSA) is 67.3 Å². The Morgan fingerprint density at radius 3 is 2.82 bits per heavy atom. The van der Waals surface area contributed by atoms with Crippen LogP contribution in [0, 0.1) is 0 Å². The van der Waals surface area contributed by atoms with Gasteiger partial charge in [0.25, 0.3) is 0 Å². The third-order valence-electron chi connectivity index (χ3n) is 2.47. The molecule has 0 spiro atoms. The molecule has 0 aliphatic rings. The standard InChI is InChI=1S/C12H13NO3S/c1-17(15,16)8-12(14)10-4-5-11-9(7-10)3-2-6-13-11/h2-7,12,14H,8H2,1H3. The van der Waals surface area contributed by atoms with Crippen molar-refractivity contribution < 1.29 is 13.5 Å². The van der Waals surface area contributed by atoms with E-state index < -0.39 is 15.9 Å². The maximum absolute atomic E-state index is 11.1. The van der Waals surface area contributed by atoms with Crippen molar-refractivity contribution in [3.63, 3.8) is 0 Å². The Hall–Kier alpha value is -1.46. The molecule has 1 aromatic heterocycles. The number of sulfone groups is 1.